The number of primary amides is 1. The monoisotopic (exact) mass is 220 g/mol. The van der Waals surface area contributed by atoms with Crippen molar-refractivity contribution in [1.29, 1.82) is 0 Å². The fourth-order valence-corrected chi connectivity index (χ4v) is 1.57. The topological polar surface area (TPSA) is 81.4 Å². The van der Waals surface area contributed by atoms with Crippen LogP contribution in [0, 0.1) is 0 Å². The third kappa shape index (κ3) is 2.13. The molecule has 0 radical (unpaired) electrons. The number of carbonyl (C=O) groups excluding carboxylic acids is 2. The second kappa shape index (κ2) is 4.22. The smallest absolute Gasteiger partial charge is 0.257 e. The van der Waals surface area contributed by atoms with Gasteiger partial charge in [0.15, 0.2) is 6.23 Å². The number of ether oxygens (including phenoxy) is 1. The highest BCUT2D eigenvalue weighted by Crippen LogP contribution is 2.23. The highest BCUT2D eigenvalue weighted by atomic mass is 16.5. The average molecular weight is 220 g/mol. The number of nitrogens with two attached hydrogens (primary N) is 1. The number of para-hydroxylation sites is 1. The molecule has 84 valence electrons. The normalized spacial score (nSPS) is 18.2. The summed E-state index contributed by atoms with van der Waals surface area (Å²) in [6.45, 7) is 0. The Morgan fingerprint density at radius 2 is 2.19 bits per heavy atom. The third-order valence-electron chi connectivity index (χ3n) is 2.35. The number of hydrogen-bond donors (Lipinski definition) is 2. The van der Waals surface area contributed by atoms with Crippen LogP contribution in [0.5, 0.6) is 5.75 Å². The van der Waals surface area contributed by atoms with E-state index in [9.17, 15) is 9.59 Å². The largest absolute Gasteiger partial charge is 0.470 e. The number of benzene rings is 1. The van der Waals surface area contributed by atoms with Crippen LogP contribution >= 0.6 is 0 Å². The molecule has 1 unspecified atom stereocenters. The molecule has 1 atom stereocenters. The second-order valence-corrected chi connectivity index (χ2v) is 3.58. The van der Waals surface area contributed by atoms with Gasteiger partial charge < -0.3 is 15.8 Å². The maximum Gasteiger partial charge on any atom is 0.257 e. The van der Waals surface area contributed by atoms with Gasteiger partial charge in [0.25, 0.3) is 5.91 Å². The van der Waals surface area contributed by atoms with Crippen LogP contribution in [0.25, 0.3) is 0 Å². The fourth-order valence-electron chi connectivity index (χ4n) is 1.57. The Kier molecular flexibility index (Phi) is 2.76. The summed E-state index contributed by atoms with van der Waals surface area (Å²) in [5.41, 5.74) is 5.54. The Hall–Kier alpha value is -2.04. The summed E-state index contributed by atoms with van der Waals surface area (Å²) in [6.07, 6.45) is 0.0950. The van der Waals surface area contributed by atoms with Gasteiger partial charge in [0, 0.05) is 12.8 Å². The summed E-state index contributed by atoms with van der Waals surface area (Å²) in [6, 6.07) is 6.98. The summed E-state index contributed by atoms with van der Waals surface area (Å²) in [5, 5.41) is 2.66. The maximum atomic E-state index is 11.6. The van der Waals surface area contributed by atoms with E-state index in [0.29, 0.717) is 17.7 Å². The lowest BCUT2D eigenvalue weighted by Gasteiger charge is -2.26. The van der Waals surface area contributed by atoms with E-state index in [-0.39, 0.29) is 12.3 Å². The Labute approximate surface area is 92.6 Å². The van der Waals surface area contributed by atoms with Crippen LogP contribution in [0.15, 0.2) is 24.3 Å². The SMILES string of the molecule is NC(=O)CCC1NC(=O)c2ccccc2O1. The molecule has 0 aromatic heterocycles. The zero-order valence-corrected chi connectivity index (χ0v) is 8.60. The molecular formula is C11H12N2O3. The van der Waals surface area contributed by atoms with Crippen LogP contribution in [0.3, 0.4) is 0 Å². The summed E-state index contributed by atoms with van der Waals surface area (Å²) in [7, 11) is 0. The van der Waals surface area contributed by atoms with Crippen molar-refractivity contribution in [3.8, 4) is 5.75 Å². The van der Waals surface area contributed by atoms with Gasteiger partial charge in [-0.15, -0.1) is 0 Å². The molecule has 0 saturated carbocycles. The first-order valence-electron chi connectivity index (χ1n) is 5.01. The van der Waals surface area contributed by atoms with E-state index < -0.39 is 12.1 Å². The standard InChI is InChI=1S/C11H12N2O3/c12-9(14)5-6-10-13-11(15)7-3-1-2-4-8(7)16-10/h1-4,10H,5-6H2,(H2,12,14)(H,13,15). The number of nitrogens with one attached hydrogen (secondary N) is 1. The molecule has 0 aliphatic carbocycles. The highest BCUT2D eigenvalue weighted by Gasteiger charge is 2.24. The van der Waals surface area contributed by atoms with Gasteiger partial charge in [-0.05, 0) is 12.1 Å². The third-order valence-corrected chi connectivity index (χ3v) is 2.35. The first-order chi connectivity index (χ1) is 7.66. The minimum atomic E-state index is -0.477. The maximum absolute atomic E-state index is 11.6. The number of carbonyl (C=O) groups is 2. The Balaban J connectivity index is 2.09. The zero-order chi connectivity index (χ0) is 11.5. The molecule has 0 bridgehead atoms. The lowest BCUT2D eigenvalue weighted by atomic mass is 10.1. The van der Waals surface area contributed by atoms with E-state index in [2.05, 4.69) is 5.32 Å². The van der Waals surface area contributed by atoms with Crippen LogP contribution in [0.1, 0.15) is 23.2 Å². The number of fused-ring (bicyclic) bond motifs is 1. The summed E-state index contributed by atoms with van der Waals surface area (Å²) in [5.74, 6) is -0.0475. The molecule has 0 fully saturated rings. The Morgan fingerprint density at radius 3 is 2.94 bits per heavy atom. The summed E-state index contributed by atoms with van der Waals surface area (Å²) >= 11 is 0. The molecule has 1 aliphatic heterocycles. The second-order valence-electron chi connectivity index (χ2n) is 3.58. The van der Waals surface area contributed by atoms with Gasteiger partial charge in [0.2, 0.25) is 5.91 Å². The minimum Gasteiger partial charge on any atom is -0.470 e. The van der Waals surface area contributed by atoms with Crippen molar-refractivity contribution in [2.75, 3.05) is 0 Å². The molecule has 5 heteroatoms. The van der Waals surface area contributed by atoms with E-state index in [4.69, 9.17) is 10.5 Å². The molecule has 1 aliphatic rings. The lowest BCUT2D eigenvalue weighted by Crippen LogP contribution is -2.43. The zero-order valence-electron chi connectivity index (χ0n) is 8.60. The van der Waals surface area contributed by atoms with Crippen molar-refractivity contribution in [2.24, 2.45) is 5.73 Å². The van der Waals surface area contributed by atoms with E-state index in [1.54, 1.807) is 24.3 Å². The molecule has 3 N–H and O–H groups in total. The van der Waals surface area contributed by atoms with Gasteiger partial charge in [-0.3, -0.25) is 9.59 Å². The summed E-state index contributed by atoms with van der Waals surface area (Å²) < 4.78 is 5.51. The molecule has 0 spiro atoms. The first kappa shape index (κ1) is 10.5. The van der Waals surface area contributed by atoms with Crippen LogP contribution in [-0.4, -0.2) is 18.0 Å². The van der Waals surface area contributed by atoms with Gasteiger partial charge in [0.1, 0.15) is 5.75 Å². The number of amides is 2. The molecule has 5 nitrogen and oxygen atoms in total. The quantitative estimate of drug-likeness (QED) is 0.773. The Morgan fingerprint density at radius 1 is 1.44 bits per heavy atom. The van der Waals surface area contributed by atoms with Crippen molar-refractivity contribution < 1.29 is 14.3 Å². The van der Waals surface area contributed by atoms with Crippen molar-refractivity contribution in [3.63, 3.8) is 0 Å². The molecule has 1 heterocycles. The molecule has 16 heavy (non-hydrogen) atoms. The minimum absolute atomic E-state index is 0.184. The molecule has 2 rings (SSSR count). The predicted molar refractivity (Wildman–Crippen MR) is 56.8 cm³/mol. The van der Waals surface area contributed by atoms with Gasteiger partial charge in [-0.1, -0.05) is 12.1 Å². The van der Waals surface area contributed by atoms with Crippen molar-refractivity contribution in [2.45, 2.75) is 19.1 Å². The van der Waals surface area contributed by atoms with E-state index in [1.165, 1.54) is 0 Å². The van der Waals surface area contributed by atoms with Crippen LogP contribution in [0.2, 0.25) is 0 Å². The molecule has 1 aromatic rings. The van der Waals surface area contributed by atoms with Crippen molar-refractivity contribution >= 4 is 11.8 Å². The summed E-state index contributed by atoms with van der Waals surface area (Å²) in [4.78, 5) is 22.3. The fraction of sp³-hybridized carbons (Fsp3) is 0.273. The molecule has 0 saturated heterocycles. The van der Waals surface area contributed by atoms with Crippen LogP contribution in [-0.2, 0) is 4.79 Å². The van der Waals surface area contributed by atoms with Gasteiger partial charge in [-0.25, -0.2) is 0 Å². The highest BCUT2D eigenvalue weighted by molar-refractivity contribution is 5.97. The lowest BCUT2D eigenvalue weighted by molar-refractivity contribution is -0.118. The molecule has 1 aromatic carbocycles. The van der Waals surface area contributed by atoms with Gasteiger partial charge >= 0.3 is 0 Å². The van der Waals surface area contributed by atoms with Crippen molar-refractivity contribution in [3.05, 3.63) is 29.8 Å². The van der Waals surface area contributed by atoms with E-state index in [0.717, 1.165) is 0 Å². The van der Waals surface area contributed by atoms with Crippen LogP contribution in [0.4, 0.5) is 0 Å². The molecular weight excluding hydrogens is 208 g/mol. The first-order valence-corrected chi connectivity index (χ1v) is 5.01. The van der Waals surface area contributed by atoms with Gasteiger partial charge in [0.05, 0.1) is 5.56 Å². The molecule has 2 amide bonds. The number of hydrogen-bond acceptors (Lipinski definition) is 3. The average Bonchev–Trinajstić information content (AvgIpc) is 2.26. The van der Waals surface area contributed by atoms with E-state index >= 15 is 0 Å². The van der Waals surface area contributed by atoms with Gasteiger partial charge in [-0.2, -0.15) is 0 Å². The van der Waals surface area contributed by atoms with Crippen molar-refractivity contribution in [1.82, 2.24) is 5.32 Å². The number of rotatable bonds is 3. The van der Waals surface area contributed by atoms with Crippen LogP contribution < -0.4 is 15.8 Å². The Bertz CT molecular complexity index is 431. The van der Waals surface area contributed by atoms with E-state index in [1.807, 2.05) is 0 Å². The predicted octanol–water partition coefficient (Wildman–Crippen LogP) is 0.400.